The smallest absolute Gasteiger partial charge is 0.187 e. The molecule has 0 amide bonds. The van der Waals surface area contributed by atoms with Crippen molar-refractivity contribution in [2.75, 3.05) is 6.61 Å². The molecule has 4 N–H and O–H groups in total. The first-order chi connectivity index (χ1) is 6.56. The Balaban J connectivity index is 3.00. The summed E-state index contributed by atoms with van der Waals surface area (Å²) in [4.78, 5) is 0. The molecule has 0 aliphatic rings. The maximum atomic E-state index is 12.8. The Morgan fingerprint density at radius 2 is 1.79 bits per heavy atom. The topological polar surface area (TPSA) is 66.5 Å². The van der Waals surface area contributed by atoms with E-state index in [4.69, 9.17) is 15.9 Å². The predicted molar refractivity (Wildman–Crippen MR) is 46.7 cm³/mol. The van der Waals surface area contributed by atoms with Crippen molar-refractivity contribution in [2.45, 2.75) is 12.5 Å². The first kappa shape index (κ1) is 10.9. The van der Waals surface area contributed by atoms with Crippen molar-refractivity contribution in [1.29, 1.82) is 0 Å². The lowest BCUT2D eigenvalue weighted by Crippen LogP contribution is -2.12. The number of hydrogen-bond acceptors (Lipinski definition) is 3. The normalized spacial score (nSPS) is 12.9. The number of phenolic OH excluding ortho intramolecular Hbond substituents is 1. The number of rotatable bonds is 3. The number of benzene rings is 1. The third kappa shape index (κ3) is 2.18. The lowest BCUT2D eigenvalue weighted by Gasteiger charge is -2.11. The molecule has 1 rings (SSSR count). The maximum absolute atomic E-state index is 12.8. The van der Waals surface area contributed by atoms with E-state index in [1.165, 1.54) is 0 Å². The molecule has 0 bridgehead atoms. The fourth-order valence-electron chi connectivity index (χ4n) is 1.10. The molecular formula is C9H11F2NO2. The van der Waals surface area contributed by atoms with Crippen LogP contribution in [0.4, 0.5) is 8.78 Å². The average Bonchev–Trinajstić information content (AvgIpc) is 2.13. The van der Waals surface area contributed by atoms with Crippen molar-refractivity contribution >= 4 is 0 Å². The Hall–Kier alpha value is -1.20. The van der Waals surface area contributed by atoms with Crippen LogP contribution >= 0.6 is 0 Å². The molecule has 0 radical (unpaired) electrons. The summed E-state index contributed by atoms with van der Waals surface area (Å²) in [6.45, 7) is -0.161. The average molecular weight is 203 g/mol. The molecule has 1 aromatic rings. The largest absolute Gasteiger partial charge is 0.503 e. The van der Waals surface area contributed by atoms with E-state index in [0.29, 0.717) is 0 Å². The highest BCUT2D eigenvalue weighted by Crippen LogP contribution is 2.24. The van der Waals surface area contributed by atoms with E-state index in [1.807, 2.05) is 0 Å². The highest BCUT2D eigenvalue weighted by Gasteiger charge is 2.13. The highest BCUT2D eigenvalue weighted by molar-refractivity contribution is 5.31. The second-order valence-electron chi connectivity index (χ2n) is 2.95. The molecule has 14 heavy (non-hydrogen) atoms. The monoisotopic (exact) mass is 203 g/mol. The molecule has 0 heterocycles. The van der Waals surface area contributed by atoms with Crippen molar-refractivity contribution in [1.82, 2.24) is 0 Å². The number of hydrogen-bond donors (Lipinski definition) is 3. The van der Waals surface area contributed by atoms with E-state index in [0.717, 1.165) is 12.1 Å². The van der Waals surface area contributed by atoms with Crippen LogP contribution in [-0.4, -0.2) is 16.8 Å². The van der Waals surface area contributed by atoms with Crippen LogP contribution in [0.25, 0.3) is 0 Å². The summed E-state index contributed by atoms with van der Waals surface area (Å²) in [5, 5.41) is 17.4. The Labute approximate surface area is 79.8 Å². The van der Waals surface area contributed by atoms with Gasteiger partial charge in [-0.1, -0.05) is 0 Å². The van der Waals surface area contributed by atoms with Gasteiger partial charge in [-0.3, -0.25) is 0 Å². The number of nitrogens with two attached hydrogens (primary N) is 1. The van der Waals surface area contributed by atoms with Crippen molar-refractivity contribution in [2.24, 2.45) is 5.73 Å². The molecular weight excluding hydrogens is 192 g/mol. The van der Waals surface area contributed by atoms with Gasteiger partial charge in [-0.2, -0.15) is 0 Å². The van der Waals surface area contributed by atoms with E-state index in [-0.39, 0.29) is 18.6 Å². The highest BCUT2D eigenvalue weighted by atomic mass is 19.1. The van der Waals surface area contributed by atoms with Crippen molar-refractivity contribution < 1.29 is 19.0 Å². The minimum absolute atomic E-state index is 0.161. The third-order valence-corrected chi connectivity index (χ3v) is 1.91. The van der Waals surface area contributed by atoms with Crippen molar-refractivity contribution in [3.8, 4) is 5.75 Å². The van der Waals surface area contributed by atoms with Gasteiger partial charge in [0.1, 0.15) is 0 Å². The molecule has 0 aliphatic heterocycles. The number of aliphatic hydroxyl groups excluding tert-OH is 1. The lowest BCUT2D eigenvalue weighted by molar-refractivity contribution is 0.276. The zero-order valence-electron chi connectivity index (χ0n) is 7.37. The summed E-state index contributed by atoms with van der Waals surface area (Å²) in [6, 6.07) is 1.28. The molecule has 1 atom stereocenters. The van der Waals surface area contributed by atoms with Crippen LogP contribution in [-0.2, 0) is 0 Å². The fourth-order valence-corrected chi connectivity index (χ4v) is 1.10. The van der Waals surface area contributed by atoms with Gasteiger partial charge in [0, 0.05) is 12.6 Å². The second kappa shape index (κ2) is 4.34. The first-order valence-electron chi connectivity index (χ1n) is 4.10. The van der Waals surface area contributed by atoms with Crippen molar-refractivity contribution in [3.63, 3.8) is 0 Å². The molecule has 5 heteroatoms. The van der Waals surface area contributed by atoms with Gasteiger partial charge in [-0.25, -0.2) is 8.78 Å². The SMILES string of the molecule is N[C@@H](CCO)c1cc(F)c(O)c(F)c1. The summed E-state index contributed by atoms with van der Waals surface area (Å²) in [5.41, 5.74) is 5.73. The van der Waals surface area contributed by atoms with Crippen LogP contribution in [0.2, 0.25) is 0 Å². The lowest BCUT2D eigenvalue weighted by atomic mass is 10.0. The summed E-state index contributed by atoms with van der Waals surface area (Å²) in [6.07, 6.45) is 0.212. The summed E-state index contributed by atoms with van der Waals surface area (Å²) >= 11 is 0. The Morgan fingerprint density at radius 1 is 1.29 bits per heavy atom. The maximum Gasteiger partial charge on any atom is 0.187 e. The van der Waals surface area contributed by atoms with E-state index >= 15 is 0 Å². The van der Waals surface area contributed by atoms with Crippen LogP contribution in [0.1, 0.15) is 18.0 Å². The van der Waals surface area contributed by atoms with Gasteiger partial charge >= 0.3 is 0 Å². The number of aliphatic hydroxyl groups is 1. The minimum atomic E-state index is -1.05. The molecule has 0 spiro atoms. The molecule has 0 fully saturated rings. The van der Waals surface area contributed by atoms with Gasteiger partial charge < -0.3 is 15.9 Å². The standard InChI is InChI=1S/C9H11F2NO2/c10-6-3-5(8(12)1-2-13)4-7(11)9(6)14/h3-4,8,13-14H,1-2,12H2/t8-/m0/s1. The Bertz CT molecular complexity index is 308. The third-order valence-electron chi connectivity index (χ3n) is 1.91. The van der Waals surface area contributed by atoms with Gasteiger partial charge in [-0.05, 0) is 24.1 Å². The number of phenols is 1. The quantitative estimate of drug-likeness (QED) is 0.688. The van der Waals surface area contributed by atoms with Crippen LogP contribution < -0.4 is 5.73 Å². The fraction of sp³-hybridized carbons (Fsp3) is 0.333. The minimum Gasteiger partial charge on any atom is -0.503 e. The van der Waals surface area contributed by atoms with Gasteiger partial charge in [0.15, 0.2) is 17.4 Å². The van der Waals surface area contributed by atoms with Crippen LogP contribution in [0.5, 0.6) is 5.75 Å². The first-order valence-corrected chi connectivity index (χ1v) is 4.10. The Kier molecular flexibility index (Phi) is 3.38. The summed E-state index contributed by atoms with van der Waals surface area (Å²) in [5.74, 6) is -3.10. The summed E-state index contributed by atoms with van der Waals surface area (Å²) < 4.78 is 25.7. The molecule has 1 aromatic carbocycles. The second-order valence-corrected chi connectivity index (χ2v) is 2.95. The molecule has 0 unspecified atom stereocenters. The van der Waals surface area contributed by atoms with Crippen LogP contribution in [0.15, 0.2) is 12.1 Å². The summed E-state index contributed by atoms with van der Waals surface area (Å²) in [7, 11) is 0. The molecule has 78 valence electrons. The van der Waals surface area contributed by atoms with Crippen molar-refractivity contribution in [3.05, 3.63) is 29.3 Å². The van der Waals surface area contributed by atoms with Gasteiger partial charge in [0.05, 0.1) is 0 Å². The van der Waals surface area contributed by atoms with Gasteiger partial charge in [0.2, 0.25) is 0 Å². The van der Waals surface area contributed by atoms with Gasteiger partial charge in [-0.15, -0.1) is 0 Å². The molecule has 0 saturated heterocycles. The zero-order chi connectivity index (χ0) is 10.7. The van der Waals surface area contributed by atoms with E-state index in [9.17, 15) is 8.78 Å². The zero-order valence-corrected chi connectivity index (χ0v) is 7.37. The van der Waals surface area contributed by atoms with Crippen LogP contribution in [0.3, 0.4) is 0 Å². The van der Waals surface area contributed by atoms with E-state index < -0.39 is 23.4 Å². The molecule has 0 aromatic heterocycles. The number of aromatic hydroxyl groups is 1. The molecule has 0 aliphatic carbocycles. The predicted octanol–water partition coefficient (Wildman–Crippen LogP) is 1.05. The van der Waals surface area contributed by atoms with E-state index in [2.05, 4.69) is 0 Å². The Morgan fingerprint density at radius 3 is 2.21 bits per heavy atom. The van der Waals surface area contributed by atoms with Crippen LogP contribution in [0, 0.1) is 11.6 Å². The molecule has 3 nitrogen and oxygen atoms in total. The van der Waals surface area contributed by atoms with Gasteiger partial charge in [0.25, 0.3) is 0 Å². The van der Waals surface area contributed by atoms with E-state index in [1.54, 1.807) is 0 Å². The number of halogens is 2. The molecule has 0 saturated carbocycles.